The Kier molecular flexibility index (Phi) is 8.12. The Balaban J connectivity index is 1.42. The monoisotopic (exact) mass is 476 g/mol. The van der Waals surface area contributed by atoms with Crippen molar-refractivity contribution in [3.05, 3.63) is 107 Å². The number of benzene rings is 3. The lowest BCUT2D eigenvalue weighted by atomic mass is 9.93. The third-order valence-electron chi connectivity index (χ3n) is 6.61. The maximum Gasteiger partial charge on any atom is 0.167 e. The zero-order valence-electron chi connectivity index (χ0n) is 20.3. The summed E-state index contributed by atoms with van der Waals surface area (Å²) in [6, 6.07) is 17.9. The molecule has 3 aromatic carbocycles. The highest BCUT2D eigenvalue weighted by molar-refractivity contribution is 5.72. The van der Waals surface area contributed by atoms with E-state index >= 15 is 0 Å². The zero-order chi connectivity index (χ0) is 24.8. The van der Waals surface area contributed by atoms with Crippen LogP contribution in [0.1, 0.15) is 50.7 Å². The SMILES string of the molecule is CCCCC1CC=C(OCc2ccc(-c3ccc(-c4ccc(CC)cc4)c(F)c3F)cc2)C=C1F. The van der Waals surface area contributed by atoms with Gasteiger partial charge in [-0.3, -0.25) is 0 Å². The van der Waals surface area contributed by atoms with Gasteiger partial charge in [-0.2, -0.15) is 0 Å². The number of halogens is 3. The minimum absolute atomic E-state index is 0.0426. The lowest BCUT2D eigenvalue weighted by Crippen LogP contribution is -2.06. The molecule has 0 aromatic heterocycles. The van der Waals surface area contributed by atoms with Gasteiger partial charge < -0.3 is 4.74 Å². The van der Waals surface area contributed by atoms with Gasteiger partial charge in [0.1, 0.15) is 18.2 Å². The van der Waals surface area contributed by atoms with E-state index in [1.54, 1.807) is 24.3 Å². The lowest BCUT2D eigenvalue weighted by Gasteiger charge is -2.19. The van der Waals surface area contributed by atoms with E-state index in [0.717, 1.165) is 36.8 Å². The fourth-order valence-corrected chi connectivity index (χ4v) is 4.35. The normalized spacial score (nSPS) is 15.5. The molecule has 4 rings (SSSR count). The first-order chi connectivity index (χ1) is 17.0. The van der Waals surface area contributed by atoms with Gasteiger partial charge in [0.15, 0.2) is 11.6 Å². The molecular formula is C31H31F3O. The summed E-state index contributed by atoms with van der Waals surface area (Å²) in [7, 11) is 0. The van der Waals surface area contributed by atoms with Crippen LogP contribution in [0.2, 0.25) is 0 Å². The van der Waals surface area contributed by atoms with E-state index in [4.69, 9.17) is 4.74 Å². The first kappa shape index (κ1) is 24.8. The number of ether oxygens (including phenoxy) is 1. The summed E-state index contributed by atoms with van der Waals surface area (Å²) in [5.41, 5.74) is 3.70. The van der Waals surface area contributed by atoms with Gasteiger partial charge in [-0.1, -0.05) is 87.4 Å². The Morgan fingerprint density at radius 1 is 0.771 bits per heavy atom. The Morgan fingerprint density at radius 2 is 1.34 bits per heavy atom. The Labute approximate surface area is 206 Å². The third kappa shape index (κ3) is 5.87. The molecule has 0 amide bonds. The molecule has 0 saturated heterocycles. The van der Waals surface area contributed by atoms with Crippen molar-refractivity contribution in [2.75, 3.05) is 0 Å². The van der Waals surface area contributed by atoms with E-state index in [0.29, 0.717) is 23.3 Å². The topological polar surface area (TPSA) is 9.23 Å². The van der Waals surface area contributed by atoms with Crippen LogP contribution in [0.25, 0.3) is 22.3 Å². The molecule has 1 nitrogen and oxygen atoms in total. The largest absolute Gasteiger partial charge is 0.489 e. The summed E-state index contributed by atoms with van der Waals surface area (Å²) in [5, 5.41) is 0. The van der Waals surface area contributed by atoms with Crippen LogP contribution in [0.3, 0.4) is 0 Å². The average Bonchev–Trinajstić information content (AvgIpc) is 2.89. The molecule has 1 unspecified atom stereocenters. The molecule has 4 heteroatoms. The van der Waals surface area contributed by atoms with Gasteiger partial charge in [-0.05, 0) is 47.6 Å². The molecule has 1 aliphatic carbocycles. The van der Waals surface area contributed by atoms with Crippen molar-refractivity contribution in [2.45, 2.75) is 52.6 Å². The number of hydrogen-bond donors (Lipinski definition) is 0. The molecule has 0 aliphatic heterocycles. The van der Waals surface area contributed by atoms with Gasteiger partial charge in [0, 0.05) is 23.1 Å². The number of hydrogen-bond acceptors (Lipinski definition) is 1. The van der Waals surface area contributed by atoms with Crippen LogP contribution in [0.15, 0.2) is 84.4 Å². The van der Waals surface area contributed by atoms with Crippen molar-refractivity contribution in [3.8, 4) is 22.3 Å². The van der Waals surface area contributed by atoms with Gasteiger partial charge in [0.25, 0.3) is 0 Å². The van der Waals surface area contributed by atoms with Crippen LogP contribution in [-0.2, 0) is 17.8 Å². The Hall–Kier alpha value is -3.27. The average molecular weight is 477 g/mol. The van der Waals surface area contributed by atoms with Gasteiger partial charge in [0.2, 0.25) is 0 Å². The van der Waals surface area contributed by atoms with E-state index < -0.39 is 11.6 Å². The standard InChI is InChI=1S/C31H31F3O/c1-3-5-6-25-15-16-26(19-29(25)32)35-20-22-9-13-24(14-10-22)28-18-17-27(30(33)31(28)34)23-11-7-21(4-2)8-12-23/h7-14,16-19,25H,3-6,15,20H2,1-2H3. The van der Waals surface area contributed by atoms with Gasteiger partial charge >= 0.3 is 0 Å². The Bertz CT molecular complexity index is 1210. The quantitative estimate of drug-likeness (QED) is 0.299. The van der Waals surface area contributed by atoms with Crippen LogP contribution in [0, 0.1) is 17.6 Å². The molecule has 0 N–H and O–H groups in total. The van der Waals surface area contributed by atoms with Gasteiger partial charge in [0.05, 0.1) is 0 Å². The molecule has 0 fully saturated rings. The van der Waals surface area contributed by atoms with Crippen molar-refractivity contribution in [1.29, 1.82) is 0 Å². The predicted molar refractivity (Wildman–Crippen MR) is 136 cm³/mol. The molecule has 0 saturated carbocycles. The van der Waals surface area contributed by atoms with E-state index in [-0.39, 0.29) is 29.5 Å². The number of unbranched alkanes of at least 4 members (excludes halogenated alkanes) is 1. The maximum atomic E-state index is 15.0. The smallest absolute Gasteiger partial charge is 0.167 e. The molecule has 0 heterocycles. The molecule has 0 radical (unpaired) electrons. The van der Waals surface area contributed by atoms with Crippen LogP contribution in [0.5, 0.6) is 0 Å². The summed E-state index contributed by atoms with van der Waals surface area (Å²) in [4.78, 5) is 0. The lowest BCUT2D eigenvalue weighted by molar-refractivity contribution is 0.204. The first-order valence-corrected chi connectivity index (χ1v) is 12.4. The molecule has 182 valence electrons. The molecule has 1 atom stereocenters. The highest BCUT2D eigenvalue weighted by Crippen LogP contribution is 2.33. The van der Waals surface area contributed by atoms with Crippen LogP contribution in [0.4, 0.5) is 13.2 Å². The first-order valence-electron chi connectivity index (χ1n) is 12.4. The van der Waals surface area contributed by atoms with Crippen molar-refractivity contribution in [2.24, 2.45) is 5.92 Å². The van der Waals surface area contributed by atoms with E-state index in [2.05, 4.69) is 13.8 Å². The fourth-order valence-electron chi connectivity index (χ4n) is 4.35. The van der Waals surface area contributed by atoms with Crippen LogP contribution in [-0.4, -0.2) is 0 Å². The fraction of sp³-hybridized carbons (Fsp3) is 0.290. The molecule has 0 spiro atoms. The predicted octanol–water partition coefficient (Wildman–Crippen LogP) is 9.33. The Morgan fingerprint density at radius 3 is 1.86 bits per heavy atom. The second kappa shape index (κ2) is 11.4. The summed E-state index contributed by atoms with van der Waals surface area (Å²) in [6.07, 6.45) is 7.89. The van der Waals surface area contributed by atoms with E-state index in [1.165, 1.54) is 6.08 Å². The van der Waals surface area contributed by atoms with Crippen LogP contribution < -0.4 is 0 Å². The minimum atomic E-state index is -0.864. The second-order valence-corrected chi connectivity index (χ2v) is 9.04. The zero-order valence-corrected chi connectivity index (χ0v) is 20.3. The number of rotatable bonds is 9. The summed E-state index contributed by atoms with van der Waals surface area (Å²) < 4.78 is 50.0. The highest BCUT2D eigenvalue weighted by Gasteiger charge is 2.19. The van der Waals surface area contributed by atoms with E-state index in [1.807, 2.05) is 42.5 Å². The van der Waals surface area contributed by atoms with Crippen molar-refractivity contribution in [1.82, 2.24) is 0 Å². The summed E-state index contributed by atoms with van der Waals surface area (Å²) >= 11 is 0. The molecule has 3 aromatic rings. The third-order valence-corrected chi connectivity index (χ3v) is 6.61. The summed E-state index contributed by atoms with van der Waals surface area (Å²) in [6.45, 7) is 4.43. The number of aryl methyl sites for hydroxylation is 1. The van der Waals surface area contributed by atoms with Crippen molar-refractivity contribution in [3.63, 3.8) is 0 Å². The molecule has 0 bridgehead atoms. The minimum Gasteiger partial charge on any atom is -0.489 e. The van der Waals surface area contributed by atoms with E-state index in [9.17, 15) is 13.2 Å². The van der Waals surface area contributed by atoms with Crippen LogP contribution >= 0.6 is 0 Å². The molecule has 35 heavy (non-hydrogen) atoms. The molecule has 1 aliphatic rings. The highest BCUT2D eigenvalue weighted by atomic mass is 19.2. The molecular weight excluding hydrogens is 445 g/mol. The van der Waals surface area contributed by atoms with Gasteiger partial charge in [-0.15, -0.1) is 0 Å². The van der Waals surface area contributed by atoms with Crippen molar-refractivity contribution < 1.29 is 17.9 Å². The maximum absolute atomic E-state index is 15.0. The van der Waals surface area contributed by atoms with Crippen molar-refractivity contribution >= 4 is 0 Å². The number of allylic oxidation sites excluding steroid dienone is 3. The van der Waals surface area contributed by atoms with Gasteiger partial charge in [-0.25, -0.2) is 13.2 Å². The second-order valence-electron chi connectivity index (χ2n) is 9.04. The summed E-state index contributed by atoms with van der Waals surface area (Å²) in [5.74, 6) is -1.34.